The standard InChI is InChI=1S/C31H29.Ti/c1-18-11-20(3)30(21(4)12-18)24-7-9-28-26(15-24)17-27-16-25(8-10-29(27)28)31-22(5)13-19(2)14-23(31)6;/h7-15H,17H2,1-6H3;. The van der Waals surface area contributed by atoms with Crippen LogP contribution in [0.15, 0.2) is 54.6 Å². The van der Waals surface area contributed by atoms with Crippen molar-refractivity contribution in [2.45, 2.75) is 48.0 Å². The number of benzene rings is 4. The summed E-state index contributed by atoms with van der Waals surface area (Å²) >= 11 is 2.31. The van der Waals surface area contributed by atoms with Gasteiger partial charge in [-0.1, -0.05) is 0 Å². The molecule has 0 N–H and O–H groups in total. The molecule has 0 saturated heterocycles. The van der Waals surface area contributed by atoms with Gasteiger partial charge in [-0.15, -0.1) is 0 Å². The third-order valence-electron chi connectivity index (χ3n) is 6.99. The minimum atomic E-state index is 1.02. The Kier molecular flexibility index (Phi) is 5.27. The van der Waals surface area contributed by atoms with Crippen LogP contribution in [0.3, 0.4) is 0 Å². The van der Waals surface area contributed by atoms with E-state index in [4.69, 9.17) is 0 Å². The van der Waals surface area contributed by atoms with Crippen molar-refractivity contribution in [3.8, 4) is 33.4 Å². The van der Waals surface area contributed by atoms with Crippen LogP contribution in [-0.2, 0) is 26.9 Å². The summed E-state index contributed by atoms with van der Waals surface area (Å²) < 4.78 is 1.43. The van der Waals surface area contributed by atoms with E-state index in [-0.39, 0.29) is 0 Å². The Morgan fingerprint density at radius 3 is 1.66 bits per heavy atom. The number of aryl methyl sites for hydroxylation is 6. The van der Waals surface area contributed by atoms with E-state index in [0.29, 0.717) is 0 Å². The van der Waals surface area contributed by atoms with Gasteiger partial charge in [0.05, 0.1) is 0 Å². The Morgan fingerprint density at radius 2 is 1.06 bits per heavy atom. The molecular formula is C31H29Ti. The molecule has 0 spiro atoms. The van der Waals surface area contributed by atoms with Gasteiger partial charge < -0.3 is 0 Å². The first-order valence-corrected chi connectivity index (χ1v) is 12.2. The number of hydrogen-bond acceptors (Lipinski definition) is 0. The monoisotopic (exact) mass is 449 g/mol. The fourth-order valence-electron chi connectivity index (χ4n) is 5.88. The Morgan fingerprint density at radius 1 is 0.562 bits per heavy atom. The van der Waals surface area contributed by atoms with Crippen LogP contribution in [0.5, 0.6) is 0 Å². The van der Waals surface area contributed by atoms with E-state index in [0.717, 1.165) is 6.42 Å². The van der Waals surface area contributed by atoms with E-state index in [1.807, 2.05) is 0 Å². The molecule has 0 radical (unpaired) electrons. The molecule has 0 amide bonds. The van der Waals surface area contributed by atoms with E-state index in [9.17, 15) is 0 Å². The first-order valence-electron chi connectivity index (χ1n) is 11.4. The van der Waals surface area contributed by atoms with E-state index in [2.05, 4.69) is 117 Å². The average molecular weight is 449 g/mol. The Bertz CT molecular complexity index is 1360. The Balaban J connectivity index is 1.61. The van der Waals surface area contributed by atoms with Crippen LogP contribution in [0.2, 0.25) is 0 Å². The van der Waals surface area contributed by atoms with Crippen LogP contribution in [0, 0.1) is 41.5 Å². The second-order valence-electron chi connectivity index (χ2n) is 9.61. The van der Waals surface area contributed by atoms with Gasteiger partial charge >= 0.3 is 205 Å². The quantitative estimate of drug-likeness (QED) is 0.243. The molecule has 4 aromatic carbocycles. The summed E-state index contributed by atoms with van der Waals surface area (Å²) in [7, 11) is 0. The first kappa shape index (κ1) is 21.4. The van der Waals surface area contributed by atoms with E-state index >= 15 is 0 Å². The van der Waals surface area contributed by atoms with Gasteiger partial charge in [0.15, 0.2) is 0 Å². The number of fused-ring (bicyclic) bond motifs is 3. The van der Waals surface area contributed by atoms with Gasteiger partial charge in [0.1, 0.15) is 0 Å². The molecule has 1 aliphatic rings. The normalized spacial score (nSPS) is 12.0. The van der Waals surface area contributed by atoms with Crippen molar-refractivity contribution in [3.05, 3.63) is 99.1 Å². The molecule has 4 aromatic rings. The summed E-state index contributed by atoms with van der Waals surface area (Å²) in [6.45, 7) is 13.3. The molecule has 0 heterocycles. The molecule has 1 heteroatoms. The predicted octanol–water partition coefficient (Wildman–Crippen LogP) is 7.61. The van der Waals surface area contributed by atoms with Crippen molar-refractivity contribution >= 4 is 3.87 Å². The summed E-state index contributed by atoms with van der Waals surface area (Å²) in [5.74, 6) is 0. The van der Waals surface area contributed by atoms with Crippen molar-refractivity contribution in [1.29, 1.82) is 0 Å². The third kappa shape index (κ3) is 3.42. The molecular weight excluding hydrogens is 420 g/mol. The Labute approximate surface area is 204 Å². The van der Waals surface area contributed by atoms with E-state index < -0.39 is 0 Å². The number of hydrogen-bond donors (Lipinski definition) is 0. The molecule has 0 atom stereocenters. The molecule has 0 fully saturated rings. The molecule has 5 rings (SSSR count). The van der Waals surface area contributed by atoms with Crippen molar-refractivity contribution in [3.63, 3.8) is 0 Å². The fourth-order valence-corrected chi connectivity index (χ4v) is 6.55. The van der Waals surface area contributed by atoms with Crippen LogP contribution in [0.1, 0.15) is 44.5 Å². The SMILES string of the molecule is Cc1cc(C)c(-c2ccc3c(c2)Cc2c-3ccc(-c3c(C)cc(C)cc3C)[c]2[Ti])c(C)c1. The molecule has 0 bridgehead atoms. The topological polar surface area (TPSA) is 0 Å². The summed E-state index contributed by atoms with van der Waals surface area (Å²) in [5, 5.41) is 0. The second-order valence-corrected chi connectivity index (χ2v) is 10.4. The maximum absolute atomic E-state index is 2.43. The molecule has 0 aromatic heterocycles. The van der Waals surface area contributed by atoms with E-state index in [1.54, 1.807) is 0 Å². The van der Waals surface area contributed by atoms with Gasteiger partial charge in [-0.05, 0) is 0 Å². The van der Waals surface area contributed by atoms with Gasteiger partial charge in [-0.2, -0.15) is 0 Å². The summed E-state index contributed by atoms with van der Waals surface area (Å²) in [4.78, 5) is 0. The van der Waals surface area contributed by atoms with Gasteiger partial charge in [0, 0.05) is 0 Å². The molecule has 0 saturated carbocycles. The summed E-state index contributed by atoms with van der Waals surface area (Å²) in [6, 6.07) is 21.0. The van der Waals surface area contributed by atoms with Crippen LogP contribution >= 0.6 is 0 Å². The zero-order valence-corrected chi connectivity index (χ0v) is 21.5. The van der Waals surface area contributed by atoms with Crippen LogP contribution in [0.25, 0.3) is 33.4 Å². The van der Waals surface area contributed by atoms with E-state index in [1.165, 1.54) is 81.8 Å². The fraction of sp³-hybridized carbons (Fsp3) is 0.226. The zero-order valence-electron chi connectivity index (χ0n) is 19.9. The maximum atomic E-state index is 2.43. The Hall–Kier alpha value is -2.41. The van der Waals surface area contributed by atoms with Gasteiger partial charge in [0.25, 0.3) is 0 Å². The van der Waals surface area contributed by atoms with Crippen LogP contribution in [0.4, 0.5) is 0 Å². The summed E-state index contributed by atoms with van der Waals surface area (Å²) in [5.41, 5.74) is 19.4. The van der Waals surface area contributed by atoms with Crippen molar-refractivity contribution in [1.82, 2.24) is 0 Å². The predicted molar refractivity (Wildman–Crippen MR) is 134 cm³/mol. The van der Waals surface area contributed by atoms with Crippen LogP contribution < -0.4 is 3.87 Å². The van der Waals surface area contributed by atoms with Gasteiger partial charge in [-0.25, -0.2) is 0 Å². The second kappa shape index (κ2) is 7.87. The average Bonchev–Trinajstić information content (AvgIpc) is 3.07. The minimum absolute atomic E-state index is 1.02. The molecule has 157 valence electrons. The van der Waals surface area contributed by atoms with Gasteiger partial charge in [0.2, 0.25) is 0 Å². The molecule has 0 nitrogen and oxygen atoms in total. The molecule has 0 unspecified atom stereocenters. The molecule has 0 aliphatic heterocycles. The zero-order chi connectivity index (χ0) is 22.7. The van der Waals surface area contributed by atoms with Crippen molar-refractivity contribution in [2.75, 3.05) is 0 Å². The molecule has 1 aliphatic carbocycles. The van der Waals surface area contributed by atoms with Crippen molar-refractivity contribution in [2.24, 2.45) is 0 Å². The summed E-state index contributed by atoms with van der Waals surface area (Å²) in [6.07, 6.45) is 1.02. The number of rotatable bonds is 2. The van der Waals surface area contributed by atoms with Gasteiger partial charge in [-0.3, -0.25) is 0 Å². The first-order chi connectivity index (χ1) is 15.2. The van der Waals surface area contributed by atoms with Crippen molar-refractivity contribution < 1.29 is 20.4 Å². The molecule has 32 heavy (non-hydrogen) atoms. The van der Waals surface area contributed by atoms with Crippen LogP contribution in [-0.4, -0.2) is 0 Å². The third-order valence-corrected chi connectivity index (χ3v) is 7.88.